The molecule has 90 valence electrons. The van der Waals surface area contributed by atoms with Crippen LogP contribution >= 0.6 is 0 Å². The van der Waals surface area contributed by atoms with Crippen molar-refractivity contribution in [1.82, 2.24) is 0 Å². The van der Waals surface area contributed by atoms with Crippen LogP contribution < -0.4 is 0 Å². The van der Waals surface area contributed by atoms with Crippen LogP contribution in [0.5, 0.6) is 0 Å². The second-order valence-electron chi connectivity index (χ2n) is 4.01. The van der Waals surface area contributed by atoms with Gasteiger partial charge in [0.05, 0.1) is 25.2 Å². The number of hydrogen-bond donors (Lipinski definition) is 1. The van der Waals surface area contributed by atoms with Gasteiger partial charge in [0.15, 0.2) is 0 Å². The highest BCUT2D eigenvalue weighted by molar-refractivity contribution is 5.95. The van der Waals surface area contributed by atoms with Crippen molar-refractivity contribution in [3.63, 3.8) is 0 Å². The maximum absolute atomic E-state index is 11.2. The van der Waals surface area contributed by atoms with Gasteiger partial charge in [-0.25, -0.2) is 0 Å². The first-order valence-electron chi connectivity index (χ1n) is 5.18. The van der Waals surface area contributed by atoms with Crippen molar-refractivity contribution >= 4 is 11.8 Å². The van der Waals surface area contributed by atoms with Crippen LogP contribution in [-0.2, 0) is 14.3 Å². The van der Waals surface area contributed by atoms with Crippen molar-refractivity contribution in [1.29, 1.82) is 5.26 Å². The summed E-state index contributed by atoms with van der Waals surface area (Å²) in [5.41, 5.74) is 0. The number of ether oxygens (including phenoxy) is 1. The van der Waals surface area contributed by atoms with Crippen molar-refractivity contribution in [3.05, 3.63) is 0 Å². The molecular formula is C11H17NO4. The van der Waals surface area contributed by atoms with Crippen molar-refractivity contribution in [2.24, 2.45) is 5.92 Å². The molecule has 0 aliphatic rings. The quantitative estimate of drug-likeness (QED) is 0.513. The summed E-state index contributed by atoms with van der Waals surface area (Å²) in [6, 6.07) is 1.75. The van der Waals surface area contributed by atoms with E-state index in [4.69, 9.17) is 15.1 Å². The maximum Gasteiger partial charge on any atom is 0.313 e. The van der Waals surface area contributed by atoms with Crippen LogP contribution in [0.4, 0.5) is 0 Å². The van der Waals surface area contributed by atoms with Gasteiger partial charge in [-0.2, -0.15) is 5.26 Å². The Morgan fingerprint density at radius 2 is 2.06 bits per heavy atom. The molecule has 0 aromatic rings. The molecule has 0 bridgehead atoms. The number of hydrogen-bond acceptors (Lipinski definition) is 5. The fourth-order valence-corrected chi connectivity index (χ4v) is 0.984. The van der Waals surface area contributed by atoms with E-state index in [2.05, 4.69) is 0 Å². The lowest BCUT2D eigenvalue weighted by molar-refractivity contribution is -0.147. The lowest BCUT2D eigenvalue weighted by atomic mass is 10.1. The molecule has 1 N–H and O–H groups in total. The zero-order chi connectivity index (χ0) is 12.6. The van der Waals surface area contributed by atoms with E-state index in [0.29, 0.717) is 0 Å². The van der Waals surface area contributed by atoms with E-state index in [-0.39, 0.29) is 31.8 Å². The van der Waals surface area contributed by atoms with E-state index in [0.717, 1.165) is 0 Å². The molecule has 0 fully saturated rings. The van der Waals surface area contributed by atoms with Gasteiger partial charge < -0.3 is 9.84 Å². The summed E-state index contributed by atoms with van der Waals surface area (Å²) >= 11 is 0. The van der Waals surface area contributed by atoms with Gasteiger partial charge in [-0.1, -0.05) is 13.8 Å². The van der Waals surface area contributed by atoms with Crippen LogP contribution in [0.1, 0.15) is 33.1 Å². The first-order valence-corrected chi connectivity index (χ1v) is 5.18. The second-order valence-corrected chi connectivity index (χ2v) is 4.01. The number of nitriles is 1. The van der Waals surface area contributed by atoms with E-state index in [9.17, 15) is 9.59 Å². The molecule has 0 radical (unpaired) electrons. The lowest BCUT2D eigenvalue weighted by Crippen LogP contribution is -2.18. The minimum Gasteiger partial charge on any atom is -0.465 e. The van der Waals surface area contributed by atoms with Crippen LogP contribution in [0.15, 0.2) is 0 Å². The van der Waals surface area contributed by atoms with Crippen molar-refractivity contribution in [2.45, 2.75) is 39.2 Å². The highest BCUT2D eigenvalue weighted by Gasteiger charge is 2.15. The van der Waals surface area contributed by atoms with Crippen LogP contribution in [0.2, 0.25) is 0 Å². The Balaban J connectivity index is 3.79. The molecule has 16 heavy (non-hydrogen) atoms. The van der Waals surface area contributed by atoms with Crippen LogP contribution in [0.25, 0.3) is 0 Å². The number of aliphatic hydroxyl groups is 1. The van der Waals surface area contributed by atoms with Crippen molar-refractivity contribution in [3.8, 4) is 6.07 Å². The van der Waals surface area contributed by atoms with Crippen molar-refractivity contribution in [2.75, 3.05) is 6.61 Å². The number of nitrogens with zero attached hydrogens (tertiary/aromatic N) is 1. The number of aliphatic hydroxyl groups excluding tert-OH is 1. The van der Waals surface area contributed by atoms with Gasteiger partial charge in [0.25, 0.3) is 0 Å². The molecule has 1 atom stereocenters. The summed E-state index contributed by atoms with van der Waals surface area (Å²) in [6.45, 7) is 4.07. The topological polar surface area (TPSA) is 87.4 Å². The molecule has 0 aromatic carbocycles. The second kappa shape index (κ2) is 7.83. The van der Waals surface area contributed by atoms with Crippen LogP contribution in [0.3, 0.4) is 0 Å². The molecule has 5 nitrogen and oxygen atoms in total. The fraction of sp³-hybridized carbons (Fsp3) is 0.727. The Labute approximate surface area is 95.0 Å². The average Bonchev–Trinajstić information content (AvgIpc) is 2.14. The first-order chi connectivity index (χ1) is 7.45. The molecule has 0 spiro atoms. The Morgan fingerprint density at radius 3 is 2.56 bits per heavy atom. The zero-order valence-corrected chi connectivity index (χ0v) is 9.60. The van der Waals surface area contributed by atoms with E-state index >= 15 is 0 Å². The summed E-state index contributed by atoms with van der Waals surface area (Å²) in [5, 5.41) is 17.4. The number of ketones is 1. The summed E-state index contributed by atoms with van der Waals surface area (Å²) in [4.78, 5) is 22.3. The van der Waals surface area contributed by atoms with Gasteiger partial charge in [0, 0.05) is 6.42 Å². The summed E-state index contributed by atoms with van der Waals surface area (Å²) in [7, 11) is 0. The van der Waals surface area contributed by atoms with Gasteiger partial charge >= 0.3 is 5.97 Å². The molecule has 5 heteroatoms. The van der Waals surface area contributed by atoms with E-state index in [1.54, 1.807) is 6.07 Å². The Kier molecular flexibility index (Phi) is 7.14. The Hall–Kier alpha value is -1.41. The minimum atomic E-state index is -0.990. The van der Waals surface area contributed by atoms with Gasteiger partial charge in [0.2, 0.25) is 0 Å². The number of esters is 1. The molecule has 0 saturated heterocycles. The largest absolute Gasteiger partial charge is 0.465 e. The summed E-state index contributed by atoms with van der Waals surface area (Å²) in [6.07, 6.45) is -1.61. The third-order valence-electron chi connectivity index (χ3n) is 1.71. The lowest BCUT2D eigenvalue weighted by Gasteiger charge is -2.07. The van der Waals surface area contributed by atoms with E-state index in [1.165, 1.54) is 0 Å². The number of Topliss-reactive ketones (excluding diaryl/α,β-unsaturated/α-hetero) is 1. The fourth-order valence-electron chi connectivity index (χ4n) is 0.984. The minimum absolute atomic E-state index is 0.104. The predicted octanol–water partition coefficient (Wildman–Crippen LogP) is 0.809. The third kappa shape index (κ3) is 7.94. The third-order valence-corrected chi connectivity index (χ3v) is 1.71. The van der Waals surface area contributed by atoms with Gasteiger partial charge in [-0.3, -0.25) is 9.59 Å². The number of rotatable bonds is 7. The Bertz CT molecular complexity index is 280. The molecule has 0 aliphatic carbocycles. The van der Waals surface area contributed by atoms with E-state index in [1.807, 2.05) is 13.8 Å². The monoisotopic (exact) mass is 227 g/mol. The molecule has 0 aromatic heterocycles. The highest BCUT2D eigenvalue weighted by atomic mass is 16.5. The zero-order valence-electron chi connectivity index (χ0n) is 9.60. The molecule has 1 unspecified atom stereocenters. The van der Waals surface area contributed by atoms with Gasteiger partial charge in [0.1, 0.15) is 12.2 Å². The SMILES string of the molecule is CC(C)COC(=O)CC(=O)CC(O)CC#N. The average molecular weight is 227 g/mol. The normalized spacial score (nSPS) is 11.9. The van der Waals surface area contributed by atoms with Gasteiger partial charge in [-0.15, -0.1) is 0 Å². The molecule has 0 amide bonds. The van der Waals surface area contributed by atoms with Crippen LogP contribution in [0, 0.1) is 17.2 Å². The standard InChI is InChI=1S/C11H17NO4/c1-8(2)7-16-11(15)6-10(14)5-9(13)3-4-12/h8-9,13H,3,5-7H2,1-2H3. The van der Waals surface area contributed by atoms with Crippen LogP contribution in [-0.4, -0.2) is 29.6 Å². The molecule has 0 saturated carbocycles. The van der Waals surface area contributed by atoms with Gasteiger partial charge in [-0.05, 0) is 5.92 Å². The molecule has 0 rings (SSSR count). The molecular weight excluding hydrogens is 210 g/mol. The first kappa shape index (κ1) is 14.6. The highest BCUT2D eigenvalue weighted by Crippen LogP contribution is 2.02. The summed E-state index contributed by atoms with van der Waals surface area (Å²) in [5.74, 6) is -0.761. The number of carbonyl (C=O) groups is 2. The van der Waals surface area contributed by atoms with Crippen molar-refractivity contribution < 1.29 is 19.4 Å². The summed E-state index contributed by atoms with van der Waals surface area (Å²) < 4.78 is 4.81. The van der Waals surface area contributed by atoms with E-state index < -0.39 is 17.9 Å². The molecule has 0 aliphatic heterocycles. The smallest absolute Gasteiger partial charge is 0.313 e. The number of carbonyl (C=O) groups excluding carboxylic acids is 2. The maximum atomic E-state index is 11.2. The Morgan fingerprint density at radius 1 is 1.44 bits per heavy atom. The predicted molar refractivity (Wildman–Crippen MR) is 56.3 cm³/mol. The molecule has 0 heterocycles.